The summed E-state index contributed by atoms with van der Waals surface area (Å²) in [4.78, 5) is 15.1. The zero-order valence-corrected chi connectivity index (χ0v) is 15.5. The van der Waals surface area contributed by atoms with E-state index in [1.165, 1.54) is 5.56 Å². The fourth-order valence-electron chi connectivity index (χ4n) is 3.34. The first kappa shape index (κ1) is 17.3. The number of benzene rings is 1. The lowest BCUT2D eigenvalue weighted by molar-refractivity contribution is 0.0383. The van der Waals surface area contributed by atoms with Crippen LogP contribution in [0.25, 0.3) is 10.2 Å². The van der Waals surface area contributed by atoms with Crippen LogP contribution in [-0.4, -0.2) is 54.8 Å². The number of rotatable bonds is 6. The molecule has 1 amide bonds. The van der Waals surface area contributed by atoms with Gasteiger partial charge in [-0.1, -0.05) is 30.3 Å². The number of nitrogens with one attached hydrogen (secondary N) is 1. The Morgan fingerprint density at radius 2 is 1.96 bits per heavy atom. The molecule has 0 spiro atoms. The number of hydrogen-bond donors (Lipinski definition) is 1. The normalized spacial score (nSPS) is 15.4. The first-order valence-corrected chi connectivity index (χ1v) is 9.88. The number of thiophene rings is 1. The van der Waals surface area contributed by atoms with Crippen LogP contribution in [0.3, 0.4) is 0 Å². The molecular formula is C20H23N3O2S. The van der Waals surface area contributed by atoms with Crippen LogP contribution in [0.15, 0.2) is 47.8 Å². The van der Waals surface area contributed by atoms with Gasteiger partial charge < -0.3 is 14.6 Å². The number of morpholine rings is 1. The largest absolute Gasteiger partial charge is 0.379 e. The number of amides is 1. The predicted octanol–water partition coefficient (Wildman–Crippen LogP) is 2.81. The molecule has 1 aromatic carbocycles. The Morgan fingerprint density at radius 3 is 2.77 bits per heavy atom. The highest BCUT2D eigenvalue weighted by atomic mass is 32.1. The minimum Gasteiger partial charge on any atom is -0.379 e. The maximum absolute atomic E-state index is 12.8. The summed E-state index contributed by atoms with van der Waals surface area (Å²) in [5.41, 5.74) is 3.05. The van der Waals surface area contributed by atoms with Gasteiger partial charge in [0.1, 0.15) is 5.69 Å². The molecule has 0 radical (unpaired) electrons. The third kappa shape index (κ3) is 3.82. The molecule has 26 heavy (non-hydrogen) atoms. The van der Waals surface area contributed by atoms with Gasteiger partial charge in [0.15, 0.2) is 0 Å². The van der Waals surface area contributed by atoms with Crippen LogP contribution in [0.4, 0.5) is 0 Å². The minimum atomic E-state index is -0.00223. The van der Waals surface area contributed by atoms with E-state index in [0.29, 0.717) is 13.1 Å². The van der Waals surface area contributed by atoms with E-state index in [9.17, 15) is 4.79 Å². The second-order valence-corrected chi connectivity index (χ2v) is 7.43. The van der Waals surface area contributed by atoms with Crippen molar-refractivity contribution < 1.29 is 9.53 Å². The van der Waals surface area contributed by atoms with E-state index in [-0.39, 0.29) is 5.91 Å². The summed E-state index contributed by atoms with van der Waals surface area (Å²) >= 11 is 1.67. The fraction of sp³-hybridized carbons (Fsp3) is 0.350. The summed E-state index contributed by atoms with van der Waals surface area (Å²) in [6.07, 6.45) is 0. The standard InChI is InChI=1S/C20H23N3O2S/c24-20(21-7-8-22-9-11-25-12-10-22)18-14-19-17(6-13-26-19)23(18)15-16-4-2-1-3-5-16/h1-6,13-14H,7-12,15H2,(H,21,24). The first-order chi connectivity index (χ1) is 12.8. The Morgan fingerprint density at radius 1 is 1.15 bits per heavy atom. The van der Waals surface area contributed by atoms with Crippen LogP contribution in [0, 0.1) is 0 Å². The van der Waals surface area contributed by atoms with Crippen LogP contribution in [0.5, 0.6) is 0 Å². The van der Waals surface area contributed by atoms with E-state index in [1.807, 2.05) is 24.3 Å². The van der Waals surface area contributed by atoms with Crippen molar-refractivity contribution in [1.29, 1.82) is 0 Å². The molecule has 1 fully saturated rings. The number of hydrogen-bond acceptors (Lipinski definition) is 4. The summed E-state index contributed by atoms with van der Waals surface area (Å²) in [5, 5.41) is 5.16. The second-order valence-electron chi connectivity index (χ2n) is 6.48. The molecule has 0 bridgehead atoms. The molecule has 1 saturated heterocycles. The topological polar surface area (TPSA) is 46.5 Å². The average molecular weight is 369 g/mol. The Hall–Kier alpha value is -2.15. The lowest BCUT2D eigenvalue weighted by atomic mass is 10.2. The summed E-state index contributed by atoms with van der Waals surface area (Å²) in [7, 11) is 0. The van der Waals surface area contributed by atoms with Crippen LogP contribution >= 0.6 is 11.3 Å². The Balaban J connectivity index is 1.47. The Bertz CT molecular complexity index is 866. The highest BCUT2D eigenvalue weighted by Gasteiger charge is 2.17. The molecule has 136 valence electrons. The third-order valence-corrected chi connectivity index (χ3v) is 5.61. The Kier molecular flexibility index (Phi) is 5.34. The van der Waals surface area contributed by atoms with Gasteiger partial charge in [0.2, 0.25) is 0 Å². The van der Waals surface area contributed by atoms with E-state index in [0.717, 1.165) is 48.8 Å². The lowest BCUT2D eigenvalue weighted by Crippen LogP contribution is -2.41. The maximum Gasteiger partial charge on any atom is 0.268 e. The van der Waals surface area contributed by atoms with Gasteiger partial charge >= 0.3 is 0 Å². The van der Waals surface area contributed by atoms with Gasteiger partial charge in [0, 0.05) is 32.7 Å². The highest BCUT2D eigenvalue weighted by molar-refractivity contribution is 7.17. The molecule has 0 unspecified atom stereocenters. The molecule has 4 rings (SSSR count). The van der Waals surface area contributed by atoms with Crippen molar-refractivity contribution in [1.82, 2.24) is 14.8 Å². The molecule has 3 heterocycles. The summed E-state index contributed by atoms with van der Waals surface area (Å²) in [6, 6.07) is 14.4. The molecule has 1 aliphatic rings. The zero-order valence-electron chi connectivity index (χ0n) is 14.7. The number of aromatic nitrogens is 1. The van der Waals surface area contributed by atoms with E-state index < -0.39 is 0 Å². The highest BCUT2D eigenvalue weighted by Crippen LogP contribution is 2.26. The van der Waals surface area contributed by atoms with Crippen molar-refractivity contribution in [2.45, 2.75) is 6.54 Å². The van der Waals surface area contributed by atoms with Gasteiger partial charge in [-0.25, -0.2) is 0 Å². The second kappa shape index (κ2) is 8.03. The monoisotopic (exact) mass is 369 g/mol. The molecule has 1 N–H and O–H groups in total. The molecule has 6 heteroatoms. The summed E-state index contributed by atoms with van der Waals surface area (Å²) in [5.74, 6) is -0.00223. The number of ether oxygens (including phenoxy) is 1. The van der Waals surface area contributed by atoms with Gasteiger partial charge in [-0.2, -0.15) is 0 Å². The van der Waals surface area contributed by atoms with E-state index in [2.05, 4.69) is 38.4 Å². The number of carbonyl (C=O) groups excluding carboxylic acids is 1. The van der Waals surface area contributed by atoms with Crippen molar-refractivity contribution in [3.05, 3.63) is 59.1 Å². The maximum atomic E-state index is 12.8. The number of carbonyl (C=O) groups is 1. The molecule has 0 aliphatic carbocycles. The van der Waals surface area contributed by atoms with Gasteiger partial charge in [0.05, 0.1) is 23.4 Å². The van der Waals surface area contributed by atoms with Gasteiger partial charge in [-0.05, 0) is 23.1 Å². The molecule has 0 atom stereocenters. The minimum absolute atomic E-state index is 0.00223. The molecule has 3 aromatic rings. The Labute approximate surface area is 157 Å². The van der Waals surface area contributed by atoms with Gasteiger partial charge in [-0.15, -0.1) is 11.3 Å². The molecule has 1 aliphatic heterocycles. The van der Waals surface area contributed by atoms with Crippen LogP contribution in [0.2, 0.25) is 0 Å². The smallest absolute Gasteiger partial charge is 0.268 e. The van der Waals surface area contributed by atoms with Gasteiger partial charge in [0.25, 0.3) is 5.91 Å². The van der Waals surface area contributed by atoms with Crippen LogP contribution in [0.1, 0.15) is 16.1 Å². The van der Waals surface area contributed by atoms with E-state index in [4.69, 9.17) is 4.74 Å². The SMILES string of the molecule is O=C(NCCN1CCOCC1)c1cc2sccc2n1Cc1ccccc1. The first-order valence-electron chi connectivity index (χ1n) is 9.00. The van der Waals surface area contributed by atoms with Crippen molar-refractivity contribution in [3.8, 4) is 0 Å². The van der Waals surface area contributed by atoms with Crippen molar-refractivity contribution in [2.24, 2.45) is 0 Å². The van der Waals surface area contributed by atoms with Crippen molar-refractivity contribution in [3.63, 3.8) is 0 Å². The number of fused-ring (bicyclic) bond motifs is 1. The average Bonchev–Trinajstić information content (AvgIpc) is 3.26. The zero-order chi connectivity index (χ0) is 17.8. The molecular weight excluding hydrogens is 346 g/mol. The molecule has 2 aromatic heterocycles. The lowest BCUT2D eigenvalue weighted by Gasteiger charge is -2.26. The van der Waals surface area contributed by atoms with Crippen LogP contribution in [-0.2, 0) is 11.3 Å². The fourth-order valence-corrected chi connectivity index (χ4v) is 4.17. The van der Waals surface area contributed by atoms with Crippen molar-refractivity contribution >= 4 is 27.5 Å². The molecule has 5 nitrogen and oxygen atoms in total. The summed E-state index contributed by atoms with van der Waals surface area (Å²) < 4.78 is 8.63. The van der Waals surface area contributed by atoms with E-state index in [1.54, 1.807) is 11.3 Å². The van der Waals surface area contributed by atoms with E-state index >= 15 is 0 Å². The van der Waals surface area contributed by atoms with Crippen LogP contribution < -0.4 is 5.32 Å². The number of nitrogens with zero attached hydrogens (tertiary/aromatic N) is 2. The molecule has 0 saturated carbocycles. The summed E-state index contributed by atoms with van der Waals surface area (Å²) in [6.45, 7) is 5.67. The van der Waals surface area contributed by atoms with Gasteiger partial charge in [-0.3, -0.25) is 9.69 Å². The predicted molar refractivity (Wildman–Crippen MR) is 105 cm³/mol. The quantitative estimate of drug-likeness (QED) is 0.727. The van der Waals surface area contributed by atoms with Crippen molar-refractivity contribution in [2.75, 3.05) is 39.4 Å². The third-order valence-electron chi connectivity index (χ3n) is 4.76.